The van der Waals surface area contributed by atoms with Crippen molar-refractivity contribution >= 4 is 5.91 Å². The summed E-state index contributed by atoms with van der Waals surface area (Å²) in [6, 6.07) is 17.4. The second kappa shape index (κ2) is 9.65. The molecule has 7 nitrogen and oxygen atoms in total. The molecule has 1 amide bonds. The summed E-state index contributed by atoms with van der Waals surface area (Å²) < 4.78 is 8.01. The number of likely N-dealkylation sites (tertiary alicyclic amines) is 1. The molecule has 1 atom stereocenters. The molecule has 0 aliphatic carbocycles. The van der Waals surface area contributed by atoms with Crippen LogP contribution in [0.1, 0.15) is 40.4 Å². The standard InChI is InChI=1S/C26H25N5O2/c32-26(23-11-5-4-7-20(23)17-30-16-14-27-19-30)31-15-6-8-21(18-31)24-25(29-13-12-28-24)33-22-9-2-1-3-10-22/h1-5,7,9-14,16,19,21H,6,8,15,17-18H2. The monoisotopic (exact) mass is 439 g/mol. The number of ether oxygens (including phenoxy) is 1. The molecule has 1 saturated heterocycles. The topological polar surface area (TPSA) is 73.1 Å². The van der Waals surface area contributed by atoms with Crippen LogP contribution in [0.3, 0.4) is 0 Å². The lowest BCUT2D eigenvalue weighted by atomic mass is 9.93. The third kappa shape index (κ3) is 4.77. The summed E-state index contributed by atoms with van der Waals surface area (Å²) in [5.41, 5.74) is 2.51. The molecule has 3 heterocycles. The second-order valence-electron chi connectivity index (χ2n) is 8.14. The summed E-state index contributed by atoms with van der Waals surface area (Å²) >= 11 is 0. The van der Waals surface area contributed by atoms with Gasteiger partial charge in [-0.25, -0.2) is 9.97 Å². The predicted molar refractivity (Wildman–Crippen MR) is 124 cm³/mol. The fourth-order valence-electron chi connectivity index (χ4n) is 4.29. The number of para-hydroxylation sites is 1. The van der Waals surface area contributed by atoms with Gasteiger partial charge in [0.1, 0.15) is 11.4 Å². The van der Waals surface area contributed by atoms with Crippen molar-refractivity contribution in [2.24, 2.45) is 0 Å². The highest BCUT2D eigenvalue weighted by molar-refractivity contribution is 5.95. The van der Waals surface area contributed by atoms with E-state index < -0.39 is 0 Å². The molecule has 0 radical (unpaired) electrons. The lowest BCUT2D eigenvalue weighted by Gasteiger charge is -2.33. The number of carbonyl (C=O) groups is 1. The molecule has 2 aromatic carbocycles. The van der Waals surface area contributed by atoms with Gasteiger partial charge < -0.3 is 14.2 Å². The van der Waals surface area contributed by atoms with E-state index in [9.17, 15) is 4.79 Å². The molecular weight excluding hydrogens is 414 g/mol. The van der Waals surface area contributed by atoms with Crippen molar-refractivity contribution in [1.82, 2.24) is 24.4 Å². The van der Waals surface area contributed by atoms with Gasteiger partial charge in [0.25, 0.3) is 5.91 Å². The van der Waals surface area contributed by atoms with Crippen LogP contribution in [-0.2, 0) is 6.54 Å². The number of nitrogens with zero attached hydrogens (tertiary/aromatic N) is 5. The summed E-state index contributed by atoms with van der Waals surface area (Å²) in [6.45, 7) is 1.92. The molecule has 2 aromatic heterocycles. The summed E-state index contributed by atoms with van der Waals surface area (Å²) in [5.74, 6) is 1.33. The van der Waals surface area contributed by atoms with Crippen molar-refractivity contribution in [2.45, 2.75) is 25.3 Å². The molecule has 7 heteroatoms. The van der Waals surface area contributed by atoms with Gasteiger partial charge in [-0.2, -0.15) is 0 Å². The van der Waals surface area contributed by atoms with Crippen LogP contribution in [0.25, 0.3) is 0 Å². The first-order valence-electron chi connectivity index (χ1n) is 11.1. The Morgan fingerprint density at radius 1 is 1.00 bits per heavy atom. The van der Waals surface area contributed by atoms with E-state index in [1.54, 1.807) is 24.9 Å². The van der Waals surface area contributed by atoms with E-state index in [0.29, 0.717) is 19.0 Å². The average molecular weight is 440 g/mol. The number of imidazole rings is 1. The highest BCUT2D eigenvalue weighted by atomic mass is 16.5. The van der Waals surface area contributed by atoms with Gasteiger partial charge in [0, 0.05) is 55.9 Å². The van der Waals surface area contributed by atoms with Crippen LogP contribution >= 0.6 is 0 Å². The maximum Gasteiger partial charge on any atom is 0.254 e. The minimum Gasteiger partial charge on any atom is -0.437 e. The molecule has 1 fully saturated rings. The van der Waals surface area contributed by atoms with Crippen molar-refractivity contribution < 1.29 is 9.53 Å². The number of piperidine rings is 1. The SMILES string of the molecule is O=C(c1ccccc1Cn1ccnc1)N1CCCC(c2nccnc2Oc2ccccc2)C1. The van der Waals surface area contributed by atoms with E-state index in [0.717, 1.165) is 42.0 Å². The molecule has 0 N–H and O–H groups in total. The maximum absolute atomic E-state index is 13.5. The van der Waals surface area contributed by atoms with Crippen LogP contribution in [0, 0.1) is 0 Å². The van der Waals surface area contributed by atoms with E-state index >= 15 is 0 Å². The number of rotatable bonds is 6. The minimum atomic E-state index is 0.0461. The predicted octanol–water partition coefficient (Wildman–Crippen LogP) is 4.53. The van der Waals surface area contributed by atoms with Crippen LogP contribution in [-0.4, -0.2) is 43.4 Å². The Kier molecular flexibility index (Phi) is 6.10. The van der Waals surface area contributed by atoms with Gasteiger partial charge in [-0.1, -0.05) is 36.4 Å². The zero-order valence-electron chi connectivity index (χ0n) is 18.2. The zero-order chi connectivity index (χ0) is 22.5. The largest absolute Gasteiger partial charge is 0.437 e. The van der Waals surface area contributed by atoms with Crippen LogP contribution in [0.4, 0.5) is 0 Å². The summed E-state index contributed by atoms with van der Waals surface area (Å²) in [4.78, 5) is 28.6. The number of benzene rings is 2. The van der Waals surface area contributed by atoms with Gasteiger partial charge in [0.05, 0.1) is 6.33 Å². The smallest absolute Gasteiger partial charge is 0.254 e. The van der Waals surface area contributed by atoms with E-state index in [1.807, 2.05) is 70.3 Å². The molecular formula is C26H25N5O2. The summed E-state index contributed by atoms with van der Waals surface area (Å²) in [7, 11) is 0. The number of hydrogen-bond donors (Lipinski definition) is 0. The quantitative estimate of drug-likeness (QED) is 0.441. The first-order chi connectivity index (χ1) is 16.3. The molecule has 0 saturated carbocycles. The molecule has 166 valence electrons. The van der Waals surface area contributed by atoms with Gasteiger partial charge in [0.15, 0.2) is 0 Å². The van der Waals surface area contributed by atoms with Crippen LogP contribution in [0.15, 0.2) is 85.7 Å². The van der Waals surface area contributed by atoms with Gasteiger partial charge in [0.2, 0.25) is 5.88 Å². The van der Waals surface area contributed by atoms with Crippen LogP contribution in [0.5, 0.6) is 11.6 Å². The molecule has 1 aliphatic heterocycles. The van der Waals surface area contributed by atoms with Gasteiger partial charge in [-0.15, -0.1) is 0 Å². The normalized spacial score (nSPS) is 15.9. The highest BCUT2D eigenvalue weighted by Crippen LogP contribution is 2.33. The van der Waals surface area contributed by atoms with E-state index in [1.165, 1.54) is 0 Å². The molecule has 1 unspecified atom stereocenters. The van der Waals surface area contributed by atoms with Crippen molar-refractivity contribution in [2.75, 3.05) is 13.1 Å². The Morgan fingerprint density at radius 2 is 1.82 bits per heavy atom. The number of hydrogen-bond acceptors (Lipinski definition) is 5. The third-order valence-corrected chi connectivity index (χ3v) is 5.90. The van der Waals surface area contributed by atoms with Crippen molar-refractivity contribution in [3.05, 3.63) is 103 Å². The summed E-state index contributed by atoms with van der Waals surface area (Å²) in [6.07, 6.45) is 10.6. The molecule has 33 heavy (non-hydrogen) atoms. The Bertz CT molecular complexity index is 1210. The minimum absolute atomic E-state index is 0.0461. The van der Waals surface area contributed by atoms with Crippen LogP contribution < -0.4 is 4.74 Å². The van der Waals surface area contributed by atoms with E-state index in [2.05, 4.69) is 15.0 Å². The number of amides is 1. The number of aromatic nitrogens is 4. The Hall–Kier alpha value is -4.00. The Morgan fingerprint density at radius 3 is 2.67 bits per heavy atom. The van der Waals surface area contributed by atoms with Crippen molar-refractivity contribution in [3.8, 4) is 11.6 Å². The first kappa shape index (κ1) is 20.9. The van der Waals surface area contributed by atoms with Gasteiger partial charge in [-0.3, -0.25) is 9.78 Å². The Labute approximate surface area is 192 Å². The molecule has 0 bridgehead atoms. The van der Waals surface area contributed by atoms with Crippen molar-refractivity contribution in [1.29, 1.82) is 0 Å². The molecule has 0 spiro atoms. The highest BCUT2D eigenvalue weighted by Gasteiger charge is 2.29. The first-order valence-corrected chi connectivity index (χ1v) is 11.1. The number of carbonyl (C=O) groups excluding carboxylic acids is 1. The molecule has 5 rings (SSSR count). The molecule has 1 aliphatic rings. The zero-order valence-corrected chi connectivity index (χ0v) is 18.2. The van der Waals surface area contributed by atoms with Gasteiger partial charge >= 0.3 is 0 Å². The van der Waals surface area contributed by atoms with E-state index in [4.69, 9.17) is 4.74 Å². The average Bonchev–Trinajstić information content (AvgIpc) is 3.38. The molecule has 4 aromatic rings. The lowest BCUT2D eigenvalue weighted by Crippen LogP contribution is -2.39. The summed E-state index contributed by atoms with van der Waals surface area (Å²) in [5, 5.41) is 0. The van der Waals surface area contributed by atoms with E-state index in [-0.39, 0.29) is 11.8 Å². The lowest BCUT2D eigenvalue weighted by molar-refractivity contribution is 0.0703. The Balaban J connectivity index is 1.36. The fraction of sp³-hybridized carbons (Fsp3) is 0.231. The maximum atomic E-state index is 13.5. The van der Waals surface area contributed by atoms with Crippen LogP contribution in [0.2, 0.25) is 0 Å². The second-order valence-corrected chi connectivity index (χ2v) is 8.14. The third-order valence-electron chi connectivity index (χ3n) is 5.90. The fourth-order valence-corrected chi connectivity index (χ4v) is 4.29. The van der Waals surface area contributed by atoms with Crippen molar-refractivity contribution in [3.63, 3.8) is 0 Å². The van der Waals surface area contributed by atoms with Gasteiger partial charge in [-0.05, 0) is 36.6 Å².